The first kappa shape index (κ1) is 14.6. The van der Waals surface area contributed by atoms with Crippen molar-refractivity contribution in [2.24, 2.45) is 5.92 Å². The van der Waals surface area contributed by atoms with Crippen LogP contribution >= 0.6 is 0 Å². The Bertz CT molecular complexity index is 664. The van der Waals surface area contributed by atoms with Crippen molar-refractivity contribution in [2.75, 3.05) is 25.5 Å². The minimum absolute atomic E-state index is 0.0771. The van der Waals surface area contributed by atoms with Gasteiger partial charge in [0, 0.05) is 35.5 Å². The normalized spacial score (nSPS) is 17.2. The van der Waals surface area contributed by atoms with Crippen LogP contribution in [0.4, 0.5) is 11.4 Å². The molecule has 114 valence electrons. The Hall–Kier alpha value is -2.33. The smallest absolute Gasteiger partial charge is 0.169 e. The first-order valence-corrected chi connectivity index (χ1v) is 7.53. The minimum atomic E-state index is 0.0771. The van der Waals surface area contributed by atoms with E-state index in [1.54, 1.807) is 7.11 Å². The Morgan fingerprint density at radius 1 is 1.23 bits per heavy atom. The minimum Gasteiger partial charge on any atom is -0.497 e. The van der Waals surface area contributed by atoms with Crippen molar-refractivity contribution >= 4 is 17.2 Å². The zero-order chi connectivity index (χ0) is 15.4. The summed E-state index contributed by atoms with van der Waals surface area (Å²) >= 11 is 0. The predicted octanol–water partition coefficient (Wildman–Crippen LogP) is 3.23. The third-order valence-corrected chi connectivity index (χ3v) is 3.97. The molecule has 0 radical (unpaired) electrons. The van der Waals surface area contributed by atoms with E-state index in [4.69, 9.17) is 4.74 Å². The van der Waals surface area contributed by atoms with Gasteiger partial charge in [0.25, 0.3) is 0 Å². The topological polar surface area (TPSA) is 50.4 Å². The fourth-order valence-electron chi connectivity index (χ4n) is 2.76. The lowest BCUT2D eigenvalue weighted by molar-refractivity contribution is 0.0931. The number of ether oxygens (including phenoxy) is 1. The van der Waals surface area contributed by atoms with E-state index in [1.807, 2.05) is 48.5 Å². The number of nitrogens with one attached hydrogen (secondary N) is 2. The molecule has 22 heavy (non-hydrogen) atoms. The molecule has 0 aromatic heterocycles. The molecule has 3 rings (SSSR count). The van der Waals surface area contributed by atoms with Gasteiger partial charge >= 0.3 is 0 Å². The van der Waals surface area contributed by atoms with E-state index < -0.39 is 0 Å². The molecule has 2 aromatic rings. The molecular weight excluding hydrogens is 276 g/mol. The van der Waals surface area contributed by atoms with E-state index in [1.165, 1.54) is 0 Å². The molecule has 4 nitrogen and oxygen atoms in total. The molecule has 0 spiro atoms. The second-order valence-electron chi connectivity index (χ2n) is 5.46. The monoisotopic (exact) mass is 296 g/mol. The van der Waals surface area contributed by atoms with Gasteiger partial charge < -0.3 is 15.4 Å². The SMILES string of the molecule is COc1cccc(Nc2ccccc2C(=O)C2CCNC2)c1. The zero-order valence-corrected chi connectivity index (χ0v) is 12.6. The van der Waals surface area contributed by atoms with Gasteiger partial charge in [0.1, 0.15) is 5.75 Å². The molecule has 1 atom stereocenters. The van der Waals surface area contributed by atoms with E-state index in [0.717, 1.165) is 42.2 Å². The number of para-hydroxylation sites is 1. The van der Waals surface area contributed by atoms with Crippen LogP contribution in [-0.4, -0.2) is 26.0 Å². The van der Waals surface area contributed by atoms with Crippen molar-refractivity contribution in [3.05, 3.63) is 54.1 Å². The van der Waals surface area contributed by atoms with Crippen LogP contribution in [0.1, 0.15) is 16.8 Å². The van der Waals surface area contributed by atoms with Crippen molar-refractivity contribution in [3.63, 3.8) is 0 Å². The molecule has 0 bridgehead atoms. The lowest BCUT2D eigenvalue weighted by Crippen LogP contribution is -2.18. The summed E-state index contributed by atoms with van der Waals surface area (Å²) in [5, 5.41) is 6.58. The summed E-state index contributed by atoms with van der Waals surface area (Å²) < 4.78 is 5.24. The van der Waals surface area contributed by atoms with Crippen LogP contribution in [-0.2, 0) is 0 Å². The average molecular weight is 296 g/mol. The van der Waals surface area contributed by atoms with Gasteiger partial charge in [-0.25, -0.2) is 0 Å². The van der Waals surface area contributed by atoms with Gasteiger partial charge in [-0.05, 0) is 37.2 Å². The van der Waals surface area contributed by atoms with Gasteiger partial charge in [-0.1, -0.05) is 18.2 Å². The summed E-state index contributed by atoms with van der Waals surface area (Å²) in [6, 6.07) is 15.4. The first-order valence-electron chi connectivity index (χ1n) is 7.53. The number of anilines is 2. The highest BCUT2D eigenvalue weighted by atomic mass is 16.5. The summed E-state index contributed by atoms with van der Waals surface area (Å²) in [5.41, 5.74) is 2.50. The molecule has 4 heteroatoms. The number of benzene rings is 2. The maximum Gasteiger partial charge on any atom is 0.169 e. The molecular formula is C18H20N2O2. The molecule has 1 aliphatic heterocycles. The second-order valence-corrected chi connectivity index (χ2v) is 5.46. The molecule has 2 N–H and O–H groups in total. The van der Waals surface area contributed by atoms with Gasteiger partial charge in [0.05, 0.1) is 7.11 Å². The Kier molecular flexibility index (Phi) is 4.39. The largest absolute Gasteiger partial charge is 0.497 e. The van der Waals surface area contributed by atoms with Crippen molar-refractivity contribution < 1.29 is 9.53 Å². The van der Waals surface area contributed by atoms with E-state index in [0.29, 0.717) is 0 Å². The fraction of sp³-hybridized carbons (Fsp3) is 0.278. The molecule has 0 aliphatic carbocycles. The van der Waals surface area contributed by atoms with E-state index >= 15 is 0 Å². The van der Waals surface area contributed by atoms with Crippen LogP contribution < -0.4 is 15.4 Å². The van der Waals surface area contributed by atoms with Crippen molar-refractivity contribution in [3.8, 4) is 5.75 Å². The Morgan fingerprint density at radius 2 is 2.09 bits per heavy atom. The summed E-state index contributed by atoms with van der Waals surface area (Å²) in [5.74, 6) is 1.07. The number of Topliss-reactive ketones (excluding diaryl/α,β-unsaturated/α-hetero) is 1. The predicted molar refractivity (Wildman–Crippen MR) is 88.0 cm³/mol. The molecule has 1 fully saturated rings. The van der Waals surface area contributed by atoms with Crippen LogP contribution in [0.2, 0.25) is 0 Å². The number of methoxy groups -OCH3 is 1. The number of rotatable bonds is 5. The number of hydrogen-bond donors (Lipinski definition) is 2. The van der Waals surface area contributed by atoms with E-state index in [2.05, 4.69) is 10.6 Å². The Balaban J connectivity index is 1.85. The molecule has 1 saturated heterocycles. The van der Waals surface area contributed by atoms with Crippen molar-refractivity contribution in [2.45, 2.75) is 6.42 Å². The van der Waals surface area contributed by atoms with Gasteiger partial charge in [-0.3, -0.25) is 4.79 Å². The molecule has 0 saturated carbocycles. The van der Waals surface area contributed by atoms with Gasteiger partial charge in [0.15, 0.2) is 5.78 Å². The maximum absolute atomic E-state index is 12.7. The third kappa shape index (κ3) is 3.12. The molecule has 1 aliphatic rings. The molecule has 1 unspecified atom stereocenters. The molecule has 2 aromatic carbocycles. The highest BCUT2D eigenvalue weighted by Gasteiger charge is 2.25. The highest BCUT2D eigenvalue weighted by Crippen LogP contribution is 2.26. The van der Waals surface area contributed by atoms with Crippen LogP contribution in [0, 0.1) is 5.92 Å². The summed E-state index contributed by atoms with van der Waals surface area (Å²) in [4.78, 5) is 12.7. The Morgan fingerprint density at radius 3 is 2.86 bits per heavy atom. The van der Waals surface area contributed by atoms with Crippen LogP contribution in [0.5, 0.6) is 5.75 Å². The van der Waals surface area contributed by atoms with E-state index in [9.17, 15) is 4.79 Å². The van der Waals surface area contributed by atoms with Gasteiger partial charge in [-0.15, -0.1) is 0 Å². The summed E-state index contributed by atoms with van der Waals surface area (Å²) in [7, 11) is 1.64. The lowest BCUT2D eigenvalue weighted by Gasteiger charge is -2.14. The maximum atomic E-state index is 12.7. The number of ketones is 1. The summed E-state index contributed by atoms with van der Waals surface area (Å²) in [6.07, 6.45) is 0.909. The quantitative estimate of drug-likeness (QED) is 0.832. The number of carbonyl (C=O) groups excluding carboxylic acids is 1. The van der Waals surface area contributed by atoms with Crippen LogP contribution in [0.25, 0.3) is 0 Å². The van der Waals surface area contributed by atoms with Gasteiger partial charge in [-0.2, -0.15) is 0 Å². The third-order valence-electron chi connectivity index (χ3n) is 3.97. The molecule has 0 amide bonds. The Labute approximate surface area is 130 Å². The number of hydrogen-bond acceptors (Lipinski definition) is 4. The van der Waals surface area contributed by atoms with E-state index in [-0.39, 0.29) is 11.7 Å². The zero-order valence-electron chi connectivity index (χ0n) is 12.6. The second kappa shape index (κ2) is 6.62. The fourth-order valence-corrected chi connectivity index (χ4v) is 2.76. The first-order chi connectivity index (χ1) is 10.8. The van der Waals surface area contributed by atoms with Crippen molar-refractivity contribution in [1.29, 1.82) is 0 Å². The number of carbonyl (C=O) groups is 1. The standard InChI is InChI=1S/C18H20N2O2/c1-22-15-6-4-5-14(11-15)20-17-8-3-2-7-16(17)18(21)13-9-10-19-12-13/h2-8,11,13,19-20H,9-10,12H2,1H3. The molecule has 1 heterocycles. The average Bonchev–Trinajstić information content (AvgIpc) is 3.09. The van der Waals surface area contributed by atoms with Crippen LogP contribution in [0.15, 0.2) is 48.5 Å². The van der Waals surface area contributed by atoms with Gasteiger partial charge in [0.2, 0.25) is 0 Å². The van der Waals surface area contributed by atoms with Crippen molar-refractivity contribution in [1.82, 2.24) is 5.32 Å². The van der Waals surface area contributed by atoms with Crippen LogP contribution in [0.3, 0.4) is 0 Å². The lowest BCUT2D eigenvalue weighted by atomic mass is 9.95. The summed E-state index contributed by atoms with van der Waals surface area (Å²) in [6.45, 7) is 1.69. The highest BCUT2D eigenvalue weighted by molar-refractivity contribution is 6.03.